The lowest BCUT2D eigenvalue weighted by Gasteiger charge is -2.12. The van der Waals surface area contributed by atoms with Gasteiger partial charge in [-0.2, -0.15) is 0 Å². The van der Waals surface area contributed by atoms with Crippen LogP contribution in [-0.2, 0) is 16.1 Å². The lowest BCUT2D eigenvalue weighted by atomic mass is 10.1. The molecule has 1 aliphatic heterocycles. The fraction of sp³-hybridized carbons (Fsp3) is 0.120. The Morgan fingerprint density at radius 2 is 1.62 bits per heavy atom. The smallest absolute Gasteiger partial charge is 0.363 e. The summed E-state index contributed by atoms with van der Waals surface area (Å²) in [6, 6.07) is 18.1. The van der Waals surface area contributed by atoms with Crippen molar-refractivity contribution >= 4 is 85.7 Å². The van der Waals surface area contributed by atoms with Gasteiger partial charge in [0.2, 0.25) is 5.90 Å². The molecule has 0 fully saturated rings. The third kappa shape index (κ3) is 5.53. The van der Waals surface area contributed by atoms with Crippen LogP contribution in [0.4, 0.5) is 0 Å². The normalized spacial score (nSPS) is 14.5. The quantitative estimate of drug-likeness (QED) is 0.159. The van der Waals surface area contributed by atoms with Gasteiger partial charge in [-0.05, 0) is 135 Å². The first kappa shape index (κ1) is 23.7. The van der Waals surface area contributed by atoms with Crippen LogP contribution in [0, 0.1) is 24.6 Å². The number of halogens is 3. The van der Waals surface area contributed by atoms with Gasteiger partial charge in [0.1, 0.15) is 12.4 Å². The Hall–Kier alpha value is -1.47. The second-order valence-corrected chi connectivity index (χ2v) is 10.9. The number of carbonyl (C=O) groups excluding carboxylic acids is 1. The standard InChI is InChI=1S/C25H18I3NO3/c1-14-3-5-16(6-4-14)13-31-23-20(27)10-17(11-21(23)28)12-22-25(30)32-24(29-22)18-7-8-19(26)15(2)9-18/h3-12H,13H2,1-2H3/b22-12-. The highest BCUT2D eigenvalue weighted by Gasteiger charge is 2.24. The van der Waals surface area contributed by atoms with Crippen LogP contribution in [-0.4, -0.2) is 11.9 Å². The minimum atomic E-state index is -0.444. The first-order valence-corrected chi connectivity index (χ1v) is 13.0. The Balaban J connectivity index is 1.55. The summed E-state index contributed by atoms with van der Waals surface area (Å²) in [5.41, 5.74) is 5.42. The van der Waals surface area contributed by atoms with Crippen LogP contribution in [0.1, 0.15) is 27.8 Å². The lowest BCUT2D eigenvalue weighted by molar-refractivity contribution is -0.129. The van der Waals surface area contributed by atoms with E-state index in [2.05, 4.69) is 104 Å². The van der Waals surface area contributed by atoms with Crippen LogP contribution in [0.15, 0.2) is 65.3 Å². The van der Waals surface area contributed by atoms with Gasteiger partial charge in [-0.25, -0.2) is 9.79 Å². The molecule has 0 bridgehead atoms. The summed E-state index contributed by atoms with van der Waals surface area (Å²) in [5.74, 6) is 0.727. The Kier molecular flexibility index (Phi) is 7.55. The molecular formula is C25H18I3NO3. The summed E-state index contributed by atoms with van der Waals surface area (Å²) in [6.45, 7) is 4.59. The predicted octanol–water partition coefficient (Wildman–Crippen LogP) is 7.04. The lowest BCUT2D eigenvalue weighted by Crippen LogP contribution is -2.05. The van der Waals surface area contributed by atoms with Crippen LogP contribution in [0.3, 0.4) is 0 Å². The molecule has 0 atom stereocenters. The fourth-order valence-electron chi connectivity index (χ4n) is 3.11. The maximum Gasteiger partial charge on any atom is 0.363 e. The molecule has 3 aromatic rings. The van der Waals surface area contributed by atoms with Crippen LogP contribution < -0.4 is 4.74 Å². The molecule has 0 saturated carbocycles. The minimum Gasteiger partial charge on any atom is -0.487 e. The van der Waals surface area contributed by atoms with Crippen LogP contribution in [0.25, 0.3) is 6.08 Å². The second kappa shape index (κ2) is 10.2. The van der Waals surface area contributed by atoms with Gasteiger partial charge in [0.05, 0.1) is 7.14 Å². The number of hydrogen-bond donors (Lipinski definition) is 0. The zero-order valence-corrected chi connectivity index (χ0v) is 23.8. The molecule has 4 rings (SSSR count). The van der Waals surface area contributed by atoms with E-state index in [0.717, 1.165) is 38.7 Å². The van der Waals surface area contributed by atoms with E-state index in [-0.39, 0.29) is 5.70 Å². The van der Waals surface area contributed by atoms with Gasteiger partial charge in [-0.15, -0.1) is 0 Å². The number of benzene rings is 3. The molecule has 0 amide bonds. The molecule has 0 N–H and O–H groups in total. The van der Waals surface area contributed by atoms with Gasteiger partial charge in [0, 0.05) is 9.13 Å². The van der Waals surface area contributed by atoms with Gasteiger partial charge >= 0.3 is 5.97 Å². The van der Waals surface area contributed by atoms with Crippen molar-refractivity contribution in [2.45, 2.75) is 20.5 Å². The first-order chi connectivity index (χ1) is 15.3. The maximum absolute atomic E-state index is 12.4. The van der Waals surface area contributed by atoms with E-state index in [1.165, 1.54) is 5.56 Å². The van der Waals surface area contributed by atoms with E-state index in [9.17, 15) is 4.79 Å². The highest BCUT2D eigenvalue weighted by Crippen LogP contribution is 2.31. The molecule has 0 saturated heterocycles. The molecule has 1 heterocycles. The third-order valence-corrected chi connectivity index (χ3v) is 7.67. The summed E-state index contributed by atoms with van der Waals surface area (Å²) in [5, 5.41) is 0. The van der Waals surface area contributed by atoms with E-state index in [1.54, 1.807) is 6.08 Å². The molecular weight excluding hydrogens is 743 g/mol. The number of ether oxygens (including phenoxy) is 2. The number of nitrogens with zero attached hydrogens (tertiary/aromatic N) is 1. The average Bonchev–Trinajstić information content (AvgIpc) is 3.11. The number of esters is 1. The number of rotatable bonds is 5. The van der Waals surface area contributed by atoms with Gasteiger partial charge in [0.15, 0.2) is 5.70 Å². The predicted molar refractivity (Wildman–Crippen MR) is 152 cm³/mol. The number of hydrogen-bond acceptors (Lipinski definition) is 4. The van der Waals surface area contributed by atoms with Crippen LogP contribution in [0.2, 0.25) is 0 Å². The monoisotopic (exact) mass is 761 g/mol. The molecule has 1 aliphatic rings. The van der Waals surface area contributed by atoms with E-state index in [1.807, 2.05) is 37.3 Å². The fourth-order valence-corrected chi connectivity index (χ4v) is 5.57. The summed E-state index contributed by atoms with van der Waals surface area (Å²) in [4.78, 5) is 16.8. The molecule has 32 heavy (non-hydrogen) atoms. The van der Waals surface area contributed by atoms with E-state index >= 15 is 0 Å². The van der Waals surface area contributed by atoms with E-state index in [4.69, 9.17) is 9.47 Å². The van der Waals surface area contributed by atoms with Crippen molar-refractivity contribution in [3.05, 3.63) is 98.8 Å². The number of aliphatic imine (C=N–C) groups is 1. The Morgan fingerprint density at radius 1 is 0.938 bits per heavy atom. The van der Waals surface area contributed by atoms with Crippen molar-refractivity contribution in [1.82, 2.24) is 0 Å². The van der Waals surface area contributed by atoms with Gasteiger partial charge < -0.3 is 9.47 Å². The summed E-state index contributed by atoms with van der Waals surface area (Å²) in [7, 11) is 0. The minimum absolute atomic E-state index is 0.288. The van der Waals surface area contributed by atoms with Gasteiger partial charge in [-0.3, -0.25) is 0 Å². The summed E-state index contributed by atoms with van der Waals surface area (Å²) in [6.07, 6.45) is 1.75. The zero-order valence-electron chi connectivity index (χ0n) is 17.3. The largest absolute Gasteiger partial charge is 0.487 e. The van der Waals surface area contributed by atoms with Crippen molar-refractivity contribution in [2.75, 3.05) is 0 Å². The maximum atomic E-state index is 12.4. The Morgan fingerprint density at radius 3 is 2.28 bits per heavy atom. The molecule has 0 radical (unpaired) electrons. The SMILES string of the molecule is Cc1ccc(COc2c(I)cc(/C=C3\N=C(c4ccc(I)c(C)c4)OC3=O)cc2I)cc1. The van der Waals surface area contributed by atoms with Crippen molar-refractivity contribution in [2.24, 2.45) is 4.99 Å². The van der Waals surface area contributed by atoms with Crippen LogP contribution >= 0.6 is 67.8 Å². The topological polar surface area (TPSA) is 47.9 Å². The van der Waals surface area contributed by atoms with E-state index < -0.39 is 5.97 Å². The average molecular weight is 761 g/mol. The second-order valence-electron chi connectivity index (χ2n) is 7.39. The Labute approximate surface area is 227 Å². The van der Waals surface area contributed by atoms with Gasteiger partial charge in [-0.1, -0.05) is 29.8 Å². The highest BCUT2D eigenvalue weighted by atomic mass is 127. The molecule has 0 aliphatic carbocycles. The molecule has 7 heteroatoms. The number of aryl methyl sites for hydroxylation is 2. The molecule has 3 aromatic carbocycles. The highest BCUT2D eigenvalue weighted by molar-refractivity contribution is 14.1. The van der Waals surface area contributed by atoms with Crippen molar-refractivity contribution < 1.29 is 14.3 Å². The molecule has 4 nitrogen and oxygen atoms in total. The van der Waals surface area contributed by atoms with Crippen molar-refractivity contribution in [1.29, 1.82) is 0 Å². The molecule has 0 spiro atoms. The van der Waals surface area contributed by atoms with Crippen LogP contribution in [0.5, 0.6) is 5.75 Å². The van der Waals surface area contributed by atoms with E-state index in [0.29, 0.717) is 12.5 Å². The van der Waals surface area contributed by atoms with Crippen molar-refractivity contribution in [3.8, 4) is 5.75 Å². The molecule has 0 unspecified atom stereocenters. The first-order valence-electron chi connectivity index (χ1n) is 9.76. The number of carbonyl (C=O) groups is 1. The number of cyclic esters (lactones) is 1. The third-order valence-electron chi connectivity index (χ3n) is 4.85. The Bertz CT molecular complexity index is 1240. The zero-order chi connectivity index (χ0) is 22.8. The summed E-state index contributed by atoms with van der Waals surface area (Å²) >= 11 is 6.80. The van der Waals surface area contributed by atoms with Crippen molar-refractivity contribution in [3.63, 3.8) is 0 Å². The van der Waals surface area contributed by atoms with Gasteiger partial charge in [0.25, 0.3) is 0 Å². The molecule has 162 valence electrons. The molecule has 0 aromatic heterocycles. The summed E-state index contributed by atoms with van der Waals surface area (Å²) < 4.78 is 14.6.